The Morgan fingerprint density at radius 3 is 1.49 bits per heavy atom. The molecule has 1 amide bonds. The zero-order valence-corrected chi connectivity index (χ0v) is 42.1. The Morgan fingerprint density at radius 1 is 0.459 bits per heavy atom. The van der Waals surface area contributed by atoms with Gasteiger partial charge in [0.05, 0.1) is 35.8 Å². The highest BCUT2D eigenvalue weighted by Crippen LogP contribution is 2.43. The Kier molecular flexibility index (Phi) is 16.5. The lowest BCUT2D eigenvalue weighted by Gasteiger charge is -2.23. The third-order valence-electron chi connectivity index (χ3n) is 12.3. The van der Waals surface area contributed by atoms with Gasteiger partial charge in [-0.3, -0.25) is 14.7 Å². The SMILES string of the molecule is CCOc1c(CON(CC)c2ccccc2)cc2ccccc2c1N=Nc1cccc(C=Cc2ccc(C=Cc3cccc(N=Nc4c(OCC)c(C(=O)N(CC)c5ccccc5)cc5ccccc45)c3)cc2)c1. The van der Waals surface area contributed by atoms with Crippen LogP contribution in [0, 0.1) is 0 Å². The minimum Gasteiger partial charge on any atom is -0.491 e. The predicted molar refractivity (Wildman–Crippen MR) is 304 cm³/mol. The first-order valence-corrected chi connectivity index (χ1v) is 25.1. The van der Waals surface area contributed by atoms with Crippen molar-refractivity contribution in [1.82, 2.24) is 0 Å². The van der Waals surface area contributed by atoms with Gasteiger partial charge in [0, 0.05) is 35.1 Å². The van der Waals surface area contributed by atoms with Crippen molar-refractivity contribution >= 4 is 85.9 Å². The van der Waals surface area contributed by atoms with E-state index in [2.05, 4.69) is 73.7 Å². The van der Waals surface area contributed by atoms with Crippen LogP contribution >= 0.6 is 0 Å². The molecule has 10 heteroatoms. The summed E-state index contributed by atoms with van der Waals surface area (Å²) in [7, 11) is 0. The van der Waals surface area contributed by atoms with E-state index in [0.29, 0.717) is 67.0 Å². The number of amides is 1. The summed E-state index contributed by atoms with van der Waals surface area (Å²) >= 11 is 0. The average Bonchev–Trinajstić information content (AvgIpc) is 3.45. The van der Waals surface area contributed by atoms with Crippen molar-refractivity contribution in [2.75, 3.05) is 36.3 Å². The number of carbonyl (C=O) groups is 1. The molecule has 10 nitrogen and oxygen atoms in total. The molecule has 9 aromatic carbocycles. The highest BCUT2D eigenvalue weighted by Gasteiger charge is 2.25. The molecule has 0 unspecified atom stereocenters. The standard InChI is InChI=1S/C64H58N6O4/c1-5-69(55-27-11-9-12-28-55)64(71)59-44-51-24-16-18-32-58(51)61(63(59)73-8-4)68-66-54-26-20-22-49(42-54)40-38-47-35-33-46(34-36-47)37-39-48-21-19-25-53(41-48)65-67-60-57-31-17-15-23-50(57)43-52(62(60)72-7-3)45-74-70(6-2)56-29-13-10-14-30-56/h9-44H,5-8,45H2,1-4H3. The van der Waals surface area contributed by atoms with Crippen molar-refractivity contribution in [3.05, 3.63) is 228 Å². The molecule has 0 saturated heterocycles. The van der Waals surface area contributed by atoms with Crippen molar-refractivity contribution in [3.8, 4) is 11.5 Å². The van der Waals surface area contributed by atoms with Gasteiger partial charge in [-0.05, 0) is 121 Å². The zero-order valence-electron chi connectivity index (χ0n) is 42.1. The molecular formula is C64H58N6O4. The van der Waals surface area contributed by atoms with Crippen LogP contribution < -0.4 is 19.4 Å². The first kappa shape index (κ1) is 50.0. The monoisotopic (exact) mass is 974 g/mol. The van der Waals surface area contributed by atoms with Crippen LogP contribution in [0.4, 0.5) is 34.1 Å². The number of hydrogen-bond acceptors (Lipinski definition) is 9. The number of fused-ring (bicyclic) bond motifs is 2. The van der Waals surface area contributed by atoms with Gasteiger partial charge in [0.15, 0.2) is 11.5 Å². The summed E-state index contributed by atoms with van der Waals surface area (Å²) in [6.45, 7) is 10.2. The Bertz CT molecular complexity index is 3480. The molecular weight excluding hydrogens is 917 g/mol. The molecule has 0 N–H and O–H groups in total. The molecule has 0 aromatic heterocycles. The summed E-state index contributed by atoms with van der Waals surface area (Å²) in [5.74, 6) is 0.902. The number of azo groups is 2. The molecule has 0 aliphatic carbocycles. The number of rotatable bonds is 20. The fourth-order valence-electron chi connectivity index (χ4n) is 8.72. The minimum atomic E-state index is -0.166. The van der Waals surface area contributed by atoms with Gasteiger partial charge in [0.1, 0.15) is 18.0 Å². The highest BCUT2D eigenvalue weighted by atomic mass is 16.7. The van der Waals surface area contributed by atoms with Gasteiger partial charge in [0.25, 0.3) is 5.91 Å². The molecule has 74 heavy (non-hydrogen) atoms. The molecule has 0 atom stereocenters. The Hall–Kier alpha value is -8.99. The van der Waals surface area contributed by atoms with Gasteiger partial charge in [-0.1, -0.05) is 158 Å². The average molecular weight is 975 g/mol. The van der Waals surface area contributed by atoms with Crippen molar-refractivity contribution in [2.24, 2.45) is 20.5 Å². The van der Waals surface area contributed by atoms with Crippen LogP contribution in [0.1, 0.15) is 65.9 Å². The Labute approximate surface area is 433 Å². The van der Waals surface area contributed by atoms with E-state index >= 15 is 0 Å². The van der Waals surface area contributed by atoms with E-state index in [0.717, 1.165) is 66.4 Å². The topological polar surface area (TPSA) is 101 Å². The quantitative estimate of drug-likeness (QED) is 0.0430. The van der Waals surface area contributed by atoms with E-state index in [1.165, 1.54) is 0 Å². The van der Waals surface area contributed by atoms with Crippen molar-refractivity contribution in [1.29, 1.82) is 0 Å². The first-order chi connectivity index (χ1) is 36.4. The number of para-hydroxylation sites is 2. The number of benzene rings is 9. The summed E-state index contributed by atoms with van der Waals surface area (Å²) in [6, 6.07) is 64.0. The molecule has 0 bridgehead atoms. The van der Waals surface area contributed by atoms with Crippen LogP contribution in [-0.2, 0) is 11.4 Å². The van der Waals surface area contributed by atoms with E-state index in [-0.39, 0.29) is 5.91 Å². The second-order valence-corrected chi connectivity index (χ2v) is 17.2. The van der Waals surface area contributed by atoms with Crippen LogP contribution in [0.3, 0.4) is 0 Å². The van der Waals surface area contributed by atoms with E-state index < -0.39 is 0 Å². The van der Waals surface area contributed by atoms with E-state index in [1.54, 1.807) is 4.90 Å². The summed E-state index contributed by atoms with van der Waals surface area (Å²) in [6.07, 6.45) is 8.30. The van der Waals surface area contributed by atoms with Gasteiger partial charge in [-0.2, -0.15) is 10.2 Å². The second kappa shape index (κ2) is 24.4. The molecule has 0 aliphatic rings. The largest absolute Gasteiger partial charge is 0.491 e. The lowest BCUT2D eigenvalue weighted by molar-refractivity contribution is 0.0953. The molecule has 9 rings (SSSR count). The lowest BCUT2D eigenvalue weighted by Crippen LogP contribution is -2.31. The smallest absolute Gasteiger partial charge is 0.262 e. The van der Waals surface area contributed by atoms with Crippen LogP contribution in [0.5, 0.6) is 11.5 Å². The summed E-state index contributed by atoms with van der Waals surface area (Å²) in [5, 5.41) is 24.6. The van der Waals surface area contributed by atoms with Gasteiger partial charge in [0.2, 0.25) is 0 Å². The van der Waals surface area contributed by atoms with Crippen molar-refractivity contribution in [2.45, 2.75) is 34.3 Å². The predicted octanol–water partition coefficient (Wildman–Crippen LogP) is 17.6. The van der Waals surface area contributed by atoms with Crippen LogP contribution in [0.25, 0.3) is 45.8 Å². The maximum absolute atomic E-state index is 14.2. The lowest BCUT2D eigenvalue weighted by atomic mass is 10.0. The van der Waals surface area contributed by atoms with E-state index in [4.69, 9.17) is 34.8 Å². The van der Waals surface area contributed by atoms with E-state index in [1.807, 2.05) is 177 Å². The Morgan fingerprint density at radius 2 is 0.946 bits per heavy atom. The second-order valence-electron chi connectivity index (χ2n) is 17.2. The third kappa shape index (κ3) is 12.0. The molecule has 0 fully saturated rings. The normalized spacial score (nSPS) is 11.7. The van der Waals surface area contributed by atoms with Gasteiger partial charge >= 0.3 is 0 Å². The van der Waals surface area contributed by atoms with Gasteiger partial charge in [-0.15, -0.1) is 10.2 Å². The van der Waals surface area contributed by atoms with E-state index in [9.17, 15) is 4.79 Å². The number of nitrogens with zero attached hydrogens (tertiary/aromatic N) is 6. The summed E-state index contributed by atoms with van der Waals surface area (Å²) < 4.78 is 12.5. The summed E-state index contributed by atoms with van der Waals surface area (Å²) in [5.41, 5.74) is 9.77. The zero-order chi connectivity index (χ0) is 51.1. The minimum absolute atomic E-state index is 0.166. The number of hydrogen-bond donors (Lipinski definition) is 0. The first-order valence-electron chi connectivity index (χ1n) is 25.1. The molecule has 0 saturated carbocycles. The highest BCUT2D eigenvalue weighted by molar-refractivity contribution is 6.13. The number of hydroxylamine groups is 1. The Balaban J connectivity index is 0.889. The fourth-order valence-corrected chi connectivity index (χ4v) is 8.72. The molecule has 0 spiro atoms. The third-order valence-corrected chi connectivity index (χ3v) is 12.3. The van der Waals surface area contributed by atoms with Crippen LogP contribution in [0.15, 0.2) is 215 Å². The van der Waals surface area contributed by atoms with Crippen molar-refractivity contribution < 1.29 is 19.1 Å². The van der Waals surface area contributed by atoms with Gasteiger partial charge in [-0.25, -0.2) is 0 Å². The fraction of sp³-hybridized carbons (Fsp3) is 0.141. The number of ether oxygens (including phenoxy) is 2. The van der Waals surface area contributed by atoms with Gasteiger partial charge < -0.3 is 14.4 Å². The number of anilines is 2. The maximum Gasteiger partial charge on any atom is 0.262 e. The van der Waals surface area contributed by atoms with Crippen LogP contribution in [0.2, 0.25) is 0 Å². The maximum atomic E-state index is 14.2. The molecule has 0 heterocycles. The summed E-state index contributed by atoms with van der Waals surface area (Å²) in [4.78, 5) is 22.3. The number of carbonyl (C=O) groups excluding carboxylic acids is 1. The van der Waals surface area contributed by atoms with Crippen LogP contribution in [-0.4, -0.2) is 32.2 Å². The molecule has 0 aliphatic heterocycles. The molecule has 368 valence electrons. The molecule has 0 radical (unpaired) electrons. The molecule has 9 aromatic rings. The van der Waals surface area contributed by atoms with Crippen molar-refractivity contribution in [3.63, 3.8) is 0 Å².